The first-order valence-electron chi connectivity index (χ1n) is 6.79. The Balaban J connectivity index is 1.96. The van der Waals surface area contributed by atoms with Crippen LogP contribution in [0, 0.1) is 12.8 Å². The average molecular weight is 257 g/mol. The summed E-state index contributed by atoms with van der Waals surface area (Å²) in [6, 6.07) is 8.71. The lowest BCUT2D eigenvalue weighted by atomic mass is 9.93. The first-order chi connectivity index (χ1) is 9.15. The lowest BCUT2D eigenvalue weighted by Crippen LogP contribution is -2.36. The van der Waals surface area contributed by atoms with Gasteiger partial charge in [-0.25, -0.2) is 0 Å². The van der Waals surface area contributed by atoms with Gasteiger partial charge in [0.15, 0.2) is 0 Å². The fourth-order valence-electron chi connectivity index (χ4n) is 2.82. The largest absolute Gasteiger partial charge is 0.423 e. The van der Waals surface area contributed by atoms with Crippen LogP contribution in [0.1, 0.15) is 37.2 Å². The highest BCUT2D eigenvalue weighted by Crippen LogP contribution is 2.35. The zero-order valence-electron chi connectivity index (χ0n) is 11.6. The van der Waals surface area contributed by atoms with Crippen molar-refractivity contribution in [3.63, 3.8) is 0 Å². The van der Waals surface area contributed by atoms with Crippen LogP contribution in [0.4, 0.5) is 5.69 Å². The van der Waals surface area contributed by atoms with E-state index in [1.54, 1.807) is 0 Å². The molecule has 0 saturated heterocycles. The number of fused-ring (bicyclic) bond motifs is 1. The summed E-state index contributed by atoms with van der Waals surface area (Å²) in [5, 5.41) is 8.09. The Morgan fingerprint density at radius 2 is 2.11 bits per heavy atom. The molecule has 1 aliphatic heterocycles. The number of nitrogens with zero attached hydrogens (tertiary/aromatic N) is 3. The van der Waals surface area contributed by atoms with E-state index in [1.807, 2.05) is 6.92 Å². The topological polar surface area (TPSA) is 42.2 Å². The molecular formula is C15H19N3O. The van der Waals surface area contributed by atoms with Crippen LogP contribution >= 0.6 is 0 Å². The van der Waals surface area contributed by atoms with E-state index >= 15 is 0 Å². The van der Waals surface area contributed by atoms with Crippen LogP contribution in [-0.4, -0.2) is 16.7 Å². The van der Waals surface area contributed by atoms with Gasteiger partial charge in [-0.05, 0) is 30.9 Å². The third kappa shape index (κ3) is 2.23. The molecule has 0 unspecified atom stereocenters. The molecule has 0 amide bonds. The molecule has 1 aromatic heterocycles. The van der Waals surface area contributed by atoms with E-state index in [4.69, 9.17) is 4.42 Å². The summed E-state index contributed by atoms with van der Waals surface area (Å²) in [6.07, 6.45) is 1.14. The van der Waals surface area contributed by atoms with Gasteiger partial charge in [0.1, 0.15) is 6.04 Å². The SMILES string of the molecule is Cc1nnc([C@@H](C)N2C[C@H](C)Cc3ccccc32)o1. The molecule has 1 aliphatic rings. The minimum absolute atomic E-state index is 0.116. The Hall–Kier alpha value is -1.84. The van der Waals surface area contributed by atoms with Gasteiger partial charge in [0.25, 0.3) is 0 Å². The van der Waals surface area contributed by atoms with Gasteiger partial charge in [0.05, 0.1) is 0 Å². The highest BCUT2D eigenvalue weighted by molar-refractivity contribution is 5.56. The molecule has 4 heteroatoms. The van der Waals surface area contributed by atoms with Crippen molar-refractivity contribution in [2.45, 2.75) is 33.2 Å². The van der Waals surface area contributed by atoms with Gasteiger partial charge in [0, 0.05) is 19.2 Å². The van der Waals surface area contributed by atoms with Gasteiger partial charge in [-0.2, -0.15) is 0 Å². The summed E-state index contributed by atoms with van der Waals surface area (Å²) in [4.78, 5) is 2.37. The van der Waals surface area contributed by atoms with Gasteiger partial charge in [-0.1, -0.05) is 25.1 Å². The Kier molecular flexibility index (Phi) is 3.01. The van der Waals surface area contributed by atoms with Crippen LogP contribution in [0.2, 0.25) is 0 Å². The van der Waals surface area contributed by atoms with Crippen molar-refractivity contribution in [3.8, 4) is 0 Å². The van der Waals surface area contributed by atoms with Crippen molar-refractivity contribution in [1.82, 2.24) is 10.2 Å². The third-order valence-corrected chi connectivity index (χ3v) is 3.74. The zero-order chi connectivity index (χ0) is 13.4. The number of benzene rings is 1. The summed E-state index contributed by atoms with van der Waals surface area (Å²) in [7, 11) is 0. The van der Waals surface area contributed by atoms with E-state index in [-0.39, 0.29) is 6.04 Å². The second-order valence-electron chi connectivity index (χ2n) is 5.43. The van der Waals surface area contributed by atoms with Crippen LogP contribution in [-0.2, 0) is 6.42 Å². The molecule has 2 atom stereocenters. The number of hydrogen-bond donors (Lipinski definition) is 0. The monoisotopic (exact) mass is 257 g/mol. The molecule has 0 N–H and O–H groups in total. The van der Waals surface area contributed by atoms with E-state index in [9.17, 15) is 0 Å². The molecule has 0 spiro atoms. The highest BCUT2D eigenvalue weighted by Gasteiger charge is 2.28. The molecule has 0 aliphatic carbocycles. The van der Waals surface area contributed by atoms with Gasteiger partial charge in [0.2, 0.25) is 11.8 Å². The number of rotatable bonds is 2. The molecular weight excluding hydrogens is 238 g/mol. The smallest absolute Gasteiger partial charge is 0.238 e. The Morgan fingerprint density at radius 1 is 1.32 bits per heavy atom. The van der Waals surface area contributed by atoms with Crippen molar-refractivity contribution >= 4 is 5.69 Å². The van der Waals surface area contributed by atoms with E-state index in [0.29, 0.717) is 17.7 Å². The van der Waals surface area contributed by atoms with E-state index < -0.39 is 0 Å². The number of para-hydroxylation sites is 1. The van der Waals surface area contributed by atoms with E-state index in [0.717, 1.165) is 13.0 Å². The van der Waals surface area contributed by atoms with Crippen LogP contribution in [0.25, 0.3) is 0 Å². The van der Waals surface area contributed by atoms with Crippen molar-refractivity contribution in [3.05, 3.63) is 41.6 Å². The van der Waals surface area contributed by atoms with Crippen molar-refractivity contribution in [2.24, 2.45) is 5.92 Å². The summed E-state index contributed by atoms with van der Waals surface area (Å²) in [5.41, 5.74) is 2.70. The molecule has 2 heterocycles. The second kappa shape index (κ2) is 4.68. The predicted molar refractivity (Wildman–Crippen MR) is 74.1 cm³/mol. The normalized spacial score (nSPS) is 20.2. The van der Waals surface area contributed by atoms with Crippen molar-refractivity contribution < 1.29 is 4.42 Å². The quantitative estimate of drug-likeness (QED) is 0.829. The first-order valence-corrected chi connectivity index (χ1v) is 6.79. The molecule has 3 rings (SSSR count). The summed E-state index contributed by atoms with van der Waals surface area (Å²) in [5.74, 6) is 1.96. The Morgan fingerprint density at radius 3 is 2.84 bits per heavy atom. The summed E-state index contributed by atoms with van der Waals surface area (Å²) >= 11 is 0. The van der Waals surface area contributed by atoms with Crippen LogP contribution < -0.4 is 4.90 Å². The van der Waals surface area contributed by atoms with E-state index in [1.165, 1.54) is 11.3 Å². The lowest BCUT2D eigenvalue weighted by molar-refractivity contribution is 0.408. The first kappa shape index (κ1) is 12.2. The minimum Gasteiger partial charge on any atom is -0.423 e. The number of aryl methyl sites for hydroxylation is 1. The number of aromatic nitrogens is 2. The molecule has 0 bridgehead atoms. The second-order valence-corrected chi connectivity index (χ2v) is 5.43. The fraction of sp³-hybridized carbons (Fsp3) is 0.467. The third-order valence-electron chi connectivity index (χ3n) is 3.74. The van der Waals surface area contributed by atoms with Gasteiger partial charge < -0.3 is 9.32 Å². The summed E-state index contributed by atoms with van der Waals surface area (Å²) < 4.78 is 5.58. The minimum atomic E-state index is 0.116. The molecule has 1 aromatic carbocycles. The lowest BCUT2D eigenvalue weighted by Gasteiger charge is -2.37. The molecule has 100 valence electrons. The molecule has 0 fully saturated rings. The average Bonchev–Trinajstić information content (AvgIpc) is 2.83. The standard InChI is InChI=1S/C15H19N3O/c1-10-8-13-6-4-5-7-14(13)18(9-10)11(2)15-17-16-12(3)19-15/h4-7,10-11H,8-9H2,1-3H3/t10-,11-/m1/s1. The summed E-state index contributed by atoms with van der Waals surface area (Å²) in [6.45, 7) is 7.27. The maximum Gasteiger partial charge on any atom is 0.238 e. The number of anilines is 1. The van der Waals surface area contributed by atoms with Crippen LogP contribution in [0.15, 0.2) is 28.7 Å². The predicted octanol–water partition coefficient (Wildman–Crippen LogP) is 3.14. The zero-order valence-corrected chi connectivity index (χ0v) is 11.6. The molecule has 0 radical (unpaired) electrons. The van der Waals surface area contributed by atoms with E-state index in [2.05, 4.69) is 53.2 Å². The molecule has 19 heavy (non-hydrogen) atoms. The van der Waals surface area contributed by atoms with Crippen LogP contribution in [0.5, 0.6) is 0 Å². The fourth-order valence-corrected chi connectivity index (χ4v) is 2.82. The van der Waals surface area contributed by atoms with Gasteiger partial charge in [-0.3, -0.25) is 0 Å². The number of hydrogen-bond acceptors (Lipinski definition) is 4. The highest BCUT2D eigenvalue weighted by atomic mass is 16.4. The van der Waals surface area contributed by atoms with Crippen molar-refractivity contribution in [2.75, 3.05) is 11.4 Å². The maximum atomic E-state index is 5.58. The molecule has 2 aromatic rings. The molecule has 4 nitrogen and oxygen atoms in total. The Bertz CT molecular complexity index is 578. The Labute approximate surface area is 113 Å². The van der Waals surface area contributed by atoms with Gasteiger partial charge >= 0.3 is 0 Å². The maximum absolute atomic E-state index is 5.58. The van der Waals surface area contributed by atoms with Crippen molar-refractivity contribution in [1.29, 1.82) is 0 Å². The van der Waals surface area contributed by atoms with Crippen LogP contribution in [0.3, 0.4) is 0 Å². The van der Waals surface area contributed by atoms with Gasteiger partial charge in [-0.15, -0.1) is 10.2 Å². The molecule has 0 saturated carbocycles.